The van der Waals surface area contributed by atoms with Gasteiger partial charge in [0.05, 0.1) is 0 Å². The van der Waals surface area contributed by atoms with Crippen molar-refractivity contribution in [1.82, 2.24) is 4.98 Å². The lowest BCUT2D eigenvalue weighted by atomic mass is 9.89. The monoisotopic (exact) mass is 253 g/mol. The second-order valence-corrected chi connectivity index (χ2v) is 3.47. The Kier molecular flexibility index (Phi) is 2.81. The molecule has 1 saturated heterocycles. The lowest BCUT2D eigenvalue weighted by molar-refractivity contribution is -0.176. The topological polar surface area (TPSA) is 123 Å². The molecular weight excluding hydrogens is 246 g/mol. The fourth-order valence-corrected chi connectivity index (χ4v) is 1.48. The summed E-state index contributed by atoms with van der Waals surface area (Å²) >= 11 is 0. The molecule has 1 fully saturated rings. The van der Waals surface area contributed by atoms with E-state index in [4.69, 9.17) is 0 Å². The molecule has 1 aromatic rings. The van der Waals surface area contributed by atoms with Gasteiger partial charge in [-0.15, -0.1) is 0 Å². The van der Waals surface area contributed by atoms with Gasteiger partial charge in [0.2, 0.25) is 5.60 Å². The molecule has 0 radical (unpaired) electrons. The molecule has 2 N–H and O–H groups in total. The van der Waals surface area contributed by atoms with Crippen LogP contribution in [0.15, 0.2) is 24.5 Å². The van der Waals surface area contributed by atoms with Gasteiger partial charge in [0, 0.05) is 18.0 Å². The van der Waals surface area contributed by atoms with E-state index in [9.17, 15) is 24.6 Å². The van der Waals surface area contributed by atoms with E-state index in [0.717, 1.165) is 0 Å². The van der Waals surface area contributed by atoms with Gasteiger partial charge >= 0.3 is 18.1 Å². The number of hydrogen-bond acceptors (Lipinski definition) is 8. The second kappa shape index (κ2) is 4.17. The number of aromatic nitrogens is 1. The molecule has 2 atom stereocenters. The van der Waals surface area contributed by atoms with Crippen LogP contribution < -0.4 is 0 Å². The molecule has 1 aromatic heterocycles. The zero-order valence-corrected chi connectivity index (χ0v) is 8.77. The van der Waals surface area contributed by atoms with Crippen LogP contribution in [-0.4, -0.2) is 39.4 Å². The lowest BCUT2D eigenvalue weighted by Gasteiger charge is -2.25. The summed E-state index contributed by atoms with van der Waals surface area (Å²) in [4.78, 5) is 37.4. The minimum absolute atomic E-state index is 0.151. The summed E-state index contributed by atoms with van der Waals surface area (Å²) in [6, 6.07) is 2.38. The van der Waals surface area contributed by atoms with Crippen molar-refractivity contribution in [2.75, 3.05) is 0 Å². The van der Waals surface area contributed by atoms with Crippen LogP contribution in [0.25, 0.3) is 0 Å². The smallest absolute Gasteiger partial charge is 0.378 e. The molecule has 0 aromatic carbocycles. The van der Waals surface area contributed by atoms with Gasteiger partial charge in [-0.25, -0.2) is 14.4 Å². The molecule has 94 valence electrons. The third-order valence-corrected chi connectivity index (χ3v) is 2.41. The molecule has 1 aliphatic rings. The highest BCUT2D eigenvalue weighted by molar-refractivity contribution is 6.00. The van der Waals surface area contributed by atoms with E-state index in [1.54, 1.807) is 0 Å². The molecule has 0 saturated carbocycles. The minimum Gasteiger partial charge on any atom is -0.378 e. The van der Waals surface area contributed by atoms with E-state index in [-0.39, 0.29) is 5.56 Å². The number of hydrogen-bond donors (Lipinski definition) is 2. The predicted octanol–water partition coefficient (Wildman–Crippen LogP) is -1.15. The minimum atomic E-state index is -2.72. The standard InChI is InChI=1S/C10H7NO7/c12-6-7(13)17-9(15)18-8(14)10(6,16)5-1-3-11-4-2-5/h1-4,6,12,16H. The highest BCUT2D eigenvalue weighted by atomic mass is 16.8. The fraction of sp³-hybridized carbons (Fsp3) is 0.200. The van der Waals surface area contributed by atoms with Crippen molar-refractivity contribution in [2.24, 2.45) is 0 Å². The van der Waals surface area contributed by atoms with Crippen LogP contribution in [0.2, 0.25) is 0 Å². The Balaban J connectivity index is 2.54. The molecule has 8 nitrogen and oxygen atoms in total. The van der Waals surface area contributed by atoms with E-state index >= 15 is 0 Å². The van der Waals surface area contributed by atoms with Gasteiger partial charge in [-0.2, -0.15) is 0 Å². The molecule has 0 aliphatic carbocycles. The molecule has 18 heavy (non-hydrogen) atoms. The predicted molar refractivity (Wildman–Crippen MR) is 51.7 cm³/mol. The van der Waals surface area contributed by atoms with E-state index in [1.807, 2.05) is 0 Å². The Hall–Kier alpha value is -2.32. The van der Waals surface area contributed by atoms with E-state index in [0.29, 0.717) is 0 Å². The maximum absolute atomic E-state index is 11.6. The van der Waals surface area contributed by atoms with Crippen molar-refractivity contribution in [3.63, 3.8) is 0 Å². The maximum atomic E-state index is 11.6. The van der Waals surface area contributed by atoms with Crippen molar-refractivity contribution >= 4 is 18.1 Å². The largest absolute Gasteiger partial charge is 0.524 e. The number of rotatable bonds is 1. The summed E-state index contributed by atoms with van der Waals surface area (Å²) in [5.41, 5.74) is -2.87. The third-order valence-electron chi connectivity index (χ3n) is 2.41. The zero-order chi connectivity index (χ0) is 13.3. The van der Waals surface area contributed by atoms with Crippen LogP contribution in [0.3, 0.4) is 0 Å². The number of nitrogens with zero attached hydrogens (tertiary/aromatic N) is 1. The van der Waals surface area contributed by atoms with Crippen molar-refractivity contribution < 1.29 is 34.1 Å². The zero-order valence-electron chi connectivity index (χ0n) is 8.77. The van der Waals surface area contributed by atoms with Crippen LogP contribution >= 0.6 is 0 Å². The summed E-state index contributed by atoms with van der Waals surface area (Å²) in [6.07, 6.45) is -1.43. The normalized spacial score (nSPS) is 28.3. The van der Waals surface area contributed by atoms with Gasteiger partial charge < -0.3 is 19.7 Å². The van der Waals surface area contributed by atoms with E-state index in [1.165, 1.54) is 24.5 Å². The molecule has 2 heterocycles. The van der Waals surface area contributed by atoms with Crippen molar-refractivity contribution in [3.8, 4) is 0 Å². The number of aliphatic hydroxyl groups is 2. The van der Waals surface area contributed by atoms with Crippen LogP contribution in [0.4, 0.5) is 4.79 Å². The van der Waals surface area contributed by atoms with Gasteiger partial charge in [-0.05, 0) is 12.1 Å². The Bertz CT molecular complexity index is 514. The summed E-state index contributed by atoms with van der Waals surface area (Å²) in [6.45, 7) is 0. The van der Waals surface area contributed by atoms with Crippen LogP contribution in [-0.2, 0) is 24.7 Å². The first-order valence-corrected chi connectivity index (χ1v) is 4.75. The molecule has 0 amide bonds. The molecule has 8 heteroatoms. The first-order valence-electron chi connectivity index (χ1n) is 4.75. The molecule has 2 unspecified atom stereocenters. The number of pyridine rings is 1. The van der Waals surface area contributed by atoms with Crippen molar-refractivity contribution in [1.29, 1.82) is 0 Å². The Labute approximate surface area is 99.8 Å². The first-order chi connectivity index (χ1) is 8.46. The number of carbonyl (C=O) groups is 3. The van der Waals surface area contributed by atoms with Gasteiger partial charge in [-0.3, -0.25) is 4.98 Å². The quantitative estimate of drug-likeness (QED) is 0.475. The third kappa shape index (κ3) is 1.73. The summed E-state index contributed by atoms with van der Waals surface area (Å²) in [5.74, 6) is -2.98. The number of carbonyl (C=O) groups excluding carboxylic acids is 3. The second-order valence-electron chi connectivity index (χ2n) is 3.47. The molecule has 0 bridgehead atoms. The average molecular weight is 253 g/mol. The SMILES string of the molecule is O=C1OC(=O)C(O)C(O)(c2ccncc2)C(=O)O1. The Morgan fingerprint density at radius 1 is 1.17 bits per heavy atom. The van der Waals surface area contributed by atoms with Gasteiger partial charge in [0.1, 0.15) is 0 Å². The van der Waals surface area contributed by atoms with E-state index < -0.39 is 29.8 Å². The van der Waals surface area contributed by atoms with Gasteiger partial charge in [0.15, 0.2) is 6.10 Å². The maximum Gasteiger partial charge on any atom is 0.524 e. The lowest BCUT2D eigenvalue weighted by Crippen LogP contribution is -2.49. The highest BCUT2D eigenvalue weighted by Crippen LogP contribution is 2.29. The van der Waals surface area contributed by atoms with Crippen LogP contribution in [0.5, 0.6) is 0 Å². The number of cyclic esters (lactones) is 4. The van der Waals surface area contributed by atoms with E-state index in [2.05, 4.69) is 14.5 Å². The summed E-state index contributed by atoms with van der Waals surface area (Å²) in [7, 11) is 0. The Morgan fingerprint density at radius 3 is 2.39 bits per heavy atom. The van der Waals surface area contributed by atoms with Gasteiger partial charge in [-0.1, -0.05) is 0 Å². The fourth-order valence-electron chi connectivity index (χ4n) is 1.48. The summed E-state index contributed by atoms with van der Waals surface area (Å²) in [5, 5.41) is 19.8. The molecule has 2 rings (SSSR count). The van der Waals surface area contributed by atoms with Crippen LogP contribution in [0.1, 0.15) is 5.56 Å². The first kappa shape index (κ1) is 12.1. The average Bonchev–Trinajstić information content (AvgIpc) is 2.43. The Morgan fingerprint density at radius 2 is 1.78 bits per heavy atom. The number of esters is 2. The van der Waals surface area contributed by atoms with Crippen LogP contribution in [0, 0.1) is 0 Å². The van der Waals surface area contributed by atoms with Gasteiger partial charge in [0.25, 0.3) is 0 Å². The summed E-state index contributed by atoms with van der Waals surface area (Å²) < 4.78 is 8.04. The molecule has 0 spiro atoms. The highest BCUT2D eigenvalue weighted by Gasteiger charge is 2.54. The van der Waals surface area contributed by atoms with Crippen molar-refractivity contribution in [2.45, 2.75) is 11.7 Å². The number of ether oxygens (including phenoxy) is 2. The number of aliphatic hydroxyl groups excluding tert-OH is 1. The molecular formula is C10H7NO7. The molecule has 1 aliphatic heterocycles. The van der Waals surface area contributed by atoms with Crippen molar-refractivity contribution in [3.05, 3.63) is 30.1 Å².